The maximum atomic E-state index is 13.8. The average molecular weight is 728 g/mol. The summed E-state index contributed by atoms with van der Waals surface area (Å²) in [6.45, 7) is 7.19. The lowest BCUT2D eigenvalue weighted by Gasteiger charge is -2.28. The molecular formula is C34H67N10O7+3. The van der Waals surface area contributed by atoms with E-state index < -0.39 is 71.7 Å². The Morgan fingerprint density at radius 1 is 0.510 bits per heavy atom. The molecule has 17 heteroatoms. The summed E-state index contributed by atoms with van der Waals surface area (Å²) in [5.41, 5.74) is 11.5. The Hall–Kier alpha value is -3.83. The van der Waals surface area contributed by atoms with Crippen LogP contribution in [0.5, 0.6) is 0 Å². The SMILES string of the molecule is CCCC(=O)NCCCC[C@H]1NC(=O)[C@H](CCCC[NH3+])NC(=O)[C@@H](C)NC(=O)[C@H](CCCC[NH3+])NC(=O)[C@@H](C)NC(=O)[C@H](CCCC[NH3+])NC1=O. The van der Waals surface area contributed by atoms with Gasteiger partial charge in [0, 0.05) is 13.0 Å². The van der Waals surface area contributed by atoms with Gasteiger partial charge in [0.05, 0.1) is 19.6 Å². The smallest absolute Gasteiger partial charge is 0.243 e. The second-order valence-corrected chi connectivity index (χ2v) is 13.3. The summed E-state index contributed by atoms with van der Waals surface area (Å²) in [5, 5.41) is 19.2. The Morgan fingerprint density at radius 2 is 0.824 bits per heavy atom. The van der Waals surface area contributed by atoms with Crippen LogP contribution in [0.25, 0.3) is 0 Å². The number of rotatable bonds is 19. The molecule has 1 aliphatic heterocycles. The second-order valence-electron chi connectivity index (χ2n) is 13.3. The Morgan fingerprint density at radius 3 is 1.16 bits per heavy atom. The minimum absolute atomic E-state index is 0.0605. The predicted octanol–water partition coefficient (Wildman–Crippen LogP) is -3.73. The van der Waals surface area contributed by atoms with Gasteiger partial charge in [-0.3, -0.25) is 33.6 Å². The van der Waals surface area contributed by atoms with E-state index in [1.165, 1.54) is 13.8 Å². The molecule has 0 radical (unpaired) electrons. The quantitative estimate of drug-likeness (QED) is 0.0593. The van der Waals surface area contributed by atoms with Crippen molar-refractivity contribution in [3.8, 4) is 0 Å². The summed E-state index contributed by atoms with van der Waals surface area (Å²) in [6, 6.07) is -6.18. The van der Waals surface area contributed by atoms with Crippen LogP contribution in [0.1, 0.15) is 111 Å². The highest BCUT2D eigenvalue weighted by Crippen LogP contribution is 2.09. The second kappa shape index (κ2) is 26.0. The van der Waals surface area contributed by atoms with Gasteiger partial charge in [0.2, 0.25) is 41.4 Å². The number of hydrogen-bond acceptors (Lipinski definition) is 7. The van der Waals surface area contributed by atoms with Crippen LogP contribution < -0.4 is 54.4 Å². The molecule has 292 valence electrons. The maximum Gasteiger partial charge on any atom is 0.243 e. The number of unbranched alkanes of at least 4 members (excludes halogenated alkanes) is 4. The third kappa shape index (κ3) is 18.3. The fourth-order valence-corrected chi connectivity index (χ4v) is 5.56. The Kier molecular flexibility index (Phi) is 23.1. The van der Waals surface area contributed by atoms with Crippen LogP contribution in [0.3, 0.4) is 0 Å². The molecule has 0 aliphatic carbocycles. The number of carbonyl (C=O) groups excluding carboxylic acids is 7. The average Bonchev–Trinajstić information content (AvgIpc) is 3.09. The Bertz CT molecular complexity index is 1120. The monoisotopic (exact) mass is 728 g/mol. The molecule has 6 atom stereocenters. The van der Waals surface area contributed by atoms with E-state index in [-0.39, 0.29) is 31.6 Å². The summed E-state index contributed by atoms with van der Waals surface area (Å²) >= 11 is 0. The lowest BCUT2D eigenvalue weighted by molar-refractivity contribution is -0.368. The highest BCUT2D eigenvalue weighted by atomic mass is 16.2. The van der Waals surface area contributed by atoms with Gasteiger partial charge in [0.25, 0.3) is 0 Å². The normalized spacial score (nSPS) is 24.2. The zero-order valence-electron chi connectivity index (χ0n) is 31.2. The van der Waals surface area contributed by atoms with Crippen molar-refractivity contribution >= 4 is 41.4 Å². The van der Waals surface area contributed by atoms with Crippen LogP contribution in [-0.4, -0.2) is 104 Å². The van der Waals surface area contributed by atoms with Crippen molar-refractivity contribution in [2.45, 2.75) is 147 Å². The molecule has 0 aromatic heterocycles. The third-order valence-electron chi connectivity index (χ3n) is 8.73. The highest BCUT2D eigenvalue weighted by molar-refractivity contribution is 5.98. The van der Waals surface area contributed by atoms with Crippen molar-refractivity contribution < 1.29 is 50.8 Å². The van der Waals surface area contributed by atoms with Gasteiger partial charge in [-0.15, -0.1) is 0 Å². The summed E-state index contributed by atoms with van der Waals surface area (Å²) < 4.78 is 0. The van der Waals surface area contributed by atoms with Gasteiger partial charge in [-0.05, 0) is 97.3 Å². The van der Waals surface area contributed by atoms with Crippen LogP contribution in [-0.2, 0) is 33.6 Å². The van der Waals surface area contributed by atoms with Crippen molar-refractivity contribution in [3.05, 3.63) is 0 Å². The first-order valence-corrected chi connectivity index (χ1v) is 18.8. The van der Waals surface area contributed by atoms with E-state index in [9.17, 15) is 33.6 Å². The fraction of sp³-hybridized carbons (Fsp3) is 0.794. The number of amides is 7. The molecule has 1 fully saturated rings. The molecule has 17 nitrogen and oxygen atoms in total. The topological polar surface area (TPSA) is 287 Å². The van der Waals surface area contributed by atoms with E-state index in [1.54, 1.807) is 0 Å². The van der Waals surface area contributed by atoms with E-state index in [0.29, 0.717) is 77.5 Å². The lowest BCUT2D eigenvalue weighted by Crippen LogP contribution is -2.61. The lowest BCUT2D eigenvalue weighted by atomic mass is 10.0. The summed E-state index contributed by atoms with van der Waals surface area (Å²) in [5.74, 6) is -3.57. The largest absolute Gasteiger partial charge is 0.358 e. The van der Waals surface area contributed by atoms with Gasteiger partial charge in [-0.25, -0.2) is 0 Å². The highest BCUT2D eigenvalue weighted by Gasteiger charge is 2.33. The van der Waals surface area contributed by atoms with E-state index >= 15 is 0 Å². The Balaban J connectivity index is 3.45. The van der Waals surface area contributed by atoms with Gasteiger partial charge in [-0.2, -0.15) is 0 Å². The van der Waals surface area contributed by atoms with Gasteiger partial charge in [-0.1, -0.05) is 6.92 Å². The zero-order valence-corrected chi connectivity index (χ0v) is 31.2. The van der Waals surface area contributed by atoms with E-state index in [1.807, 2.05) is 6.92 Å². The first kappa shape index (κ1) is 45.2. The molecule has 0 saturated carbocycles. The molecule has 0 aromatic rings. The Labute approximate surface area is 302 Å². The van der Waals surface area contributed by atoms with Crippen molar-refractivity contribution in [2.24, 2.45) is 0 Å². The minimum Gasteiger partial charge on any atom is -0.358 e. The molecule has 1 rings (SSSR count). The van der Waals surface area contributed by atoms with Gasteiger partial charge in [0.15, 0.2) is 0 Å². The first-order valence-electron chi connectivity index (χ1n) is 18.8. The van der Waals surface area contributed by atoms with Crippen LogP contribution in [0, 0.1) is 0 Å². The van der Waals surface area contributed by atoms with E-state index in [2.05, 4.69) is 54.4 Å². The number of nitrogens with one attached hydrogen (secondary N) is 7. The molecule has 0 spiro atoms. The van der Waals surface area contributed by atoms with Gasteiger partial charge < -0.3 is 54.4 Å². The van der Waals surface area contributed by atoms with Crippen LogP contribution in [0.2, 0.25) is 0 Å². The summed E-state index contributed by atoms with van der Waals surface area (Å²) in [7, 11) is 0. The maximum absolute atomic E-state index is 13.8. The molecule has 0 unspecified atom stereocenters. The van der Waals surface area contributed by atoms with Crippen molar-refractivity contribution in [2.75, 3.05) is 26.2 Å². The first-order chi connectivity index (χ1) is 24.4. The molecule has 7 amide bonds. The molecule has 1 heterocycles. The molecule has 1 aliphatic rings. The standard InChI is InChI=1S/C34H64N10O7/c1-4-13-28(45)38-21-12-8-17-27-34(51)43-25(15-6-10-19-36)32(49)40-22(2)29(46)41-24(14-5-9-18-35)31(48)39-23(3)30(47)42-26(33(50)44-27)16-7-11-20-37/h22-27H,4-21,35-37H2,1-3H3,(H,38,45)(H,39,48)(H,40,49)(H,41,46)(H,42,47)(H,43,51)(H,44,50)/p+3/t22-,23-,24+,25+,26+,27-/m1/s1. The van der Waals surface area contributed by atoms with E-state index in [4.69, 9.17) is 0 Å². The molecule has 1 saturated heterocycles. The minimum atomic E-state index is -1.06. The fourth-order valence-electron chi connectivity index (χ4n) is 5.56. The zero-order chi connectivity index (χ0) is 38.2. The van der Waals surface area contributed by atoms with Gasteiger partial charge >= 0.3 is 0 Å². The van der Waals surface area contributed by atoms with Crippen molar-refractivity contribution in [1.82, 2.24) is 37.2 Å². The van der Waals surface area contributed by atoms with Crippen molar-refractivity contribution in [3.63, 3.8) is 0 Å². The number of quaternary nitrogens is 3. The molecule has 0 aromatic carbocycles. The van der Waals surface area contributed by atoms with Crippen LogP contribution in [0.4, 0.5) is 0 Å². The third-order valence-corrected chi connectivity index (χ3v) is 8.73. The molecular weight excluding hydrogens is 660 g/mol. The molecule has 51 heavy (non-hydrogen) atoms. The van der Waals surface area contributed by atoms with Crippen LogP contribution in [0.15, 0.2) is 0 Å². The summed E-state index contributed by atoms with van der Waals surface area (Å²) in [4.78, 5) is 93.0. The molecule has 0 bridgehead atoms. The van der Waals surface area contributed by atoms with E-state index in [0.717, 1.165) is 12.8 Å². The number of hydrogen-bond donors (Lipinski definition) is 10. The van der Waals surface area contributed by atoms with Gasteiger partial charge in [0.1, 0.15) is 36.3 Å². The summed E-state index contributed by atoms with van der Waals surface area (Å²) in [6.07, 6.45) is 7.05. The van der Waals surface area contributed by atoms with Crippen molar-refractivity contribution in [1.29, 1.82) is 0 Å². The van der Waals surface area contributed by atoms with Crippen LogP contribution >= 0.6 is 0 Å². The molecule has 16 N–H and O–H groups in total. The predicted molar refractivity (Wildman–Crippen MR) is 190 cm³/mol. The number of carbonyl (C=O) groups is 7.